The van der Waals surface area contributed by atoms with Gasteiger partial charge in [0.25, 0.3) is 9.05 Å². The van der Waals surface area contributed by atoms with Crippen LogP contribution in [0.1, 0.15) is 12.5 Å². The number of rotatable bonds is 4. The standard InChI is InChI=1S/C11H11BrCl2O3S/c1-7(5-13)6-17-11-8(2)3-9(12)4-10(11)18(14,15)16/h3-5H,6H2,1-2H3. The van der Waals surface area contributed by atoms with Crippen molar-refractivity contribution >= 4 is 47.3 Å². The third-order valence-electron chi connectivity index (χ3n) is 2.10. The van der Waals surface area contributed by atoms with Crippen LogP contribution >= 0.6 is 38.2 Å². The van der Waals surface area contributed by atoms with Crippen molar-refractivity contribution in [1.29, 1.82) is 0 Å². The Morgan fingerprint density at radius 3 is 2.61 bits per heavy atom. The van der Waals surface area contributed by atoms with E-state index in [0.29, 0.717) is 10.0 Å². The second-order valence-electron chi connectivity index (χ2n) is 3.73. The third kappa shape index (κ3) is 4.16. The summed E-state index contributed by atoms with van der Waals surface area (Å²) >= 11 is 8.74. The van der Waals surface area contributed by atoms with Gasteiger partial charge in [-0.25, -0.2) is 8.42 Å². The highest BCUT2D eigenvalue weighted by Gasteiger charge is 2.20. The van der Waals surface area contributed by atoms with Crippen molar-refractivity contribution in [3.05, 3.63) is 33.3 Å². The highest BCUT2D eigenvalue weighted by molar-refractivity contribution is 9.10. The maximum Gasteiger partial charge on any atom is 0.265 e. The zero-order valence-corrected chi connectivity index (χ0v) is 13.6. The van der Waals surface area contributed by atoms with Crippen molar-refractivity contribution in [1.82, 2.24) is 0 Å². The van der Waals surface area contributed by atoms with Crippen LogP contribution in [0.3, 0.4) is 0 Å². The molecule has 1 rings (SSSR count). The second kappa shape index (κ2) is 6.28. The molecule has 0 saturated carbocycles. The summed E-state index contributed by atoms with van der Waals surface area (Å²) in [5.74, 6) is 0.242. The van der Waals surface area contributed by atoms with Crippen LogP contribution in [-0.2, 0) is 9.05 Å². The van der Waals surface area contributed by atoms with E-state index in [2.05, 4.69) is 15.9 Å². The van der Waals surface area contributed by atoms with E-state index in [-0.39, 0.29) is 17.3 Å². The molecule has 0 aliphatic rings. The SMILES string of the molecule is CC(=CCl)COc1c(C)cc(Br)cc1S(=O)(=O)Cl. The molecule has 0 spiro atoms. The van der Waals surface area contributed by atoms with Gasteiger partial charge < -0.3 is 4.74 Å². The summed E-state index contributed by atoms with van der Waals surface area (Å²) in [6.07, 6.45) is 0. The van der Waals surface area contributed by atoms with Crippen molar-refractivity contribution in [2.24, 2.45) is 0 Å². The lowest BCUT2D eigenvalue weighted by molar-refractivity contribution is 0.340. The monoisotopic (exact) mass is 372 g/mol. The molecule has 0 unspecified atom stereocenters. The molecule has 0 heterocycles. The van der Waals surface area contributed by atoms with Gasteiger partial charge in [0.15, 0.2) is 0 Å². The fraction of sp³-hybridized carbons (Fsp3) is 0.273. The predicted octanol–water partition coefficient (Wildman–Crippen LogP) is 4.21. The fourth-order valence-electron chi connectivity index (χ4n) is 1.28. The largest absolute Gasteiger partial charge is 0.488 e. The molecule has 1 aromatic rings. The smallest absolute Gasteiger partial charge is 0.265 e. The number of hydrogen-bond acceptors (Lipinski definition) is 3. The minimum absolute atomic E-state index is 0.0570. The number of ether oxygens (including phenoxy) is 1. The lowest BCUT2D eigenvalue weighted by Crippen LogP contribution is -2.04. The molecule has 0 aliphatic carbocycles. The van der Waals surface area contributed by atoms with E-state index >= 15 is 0 Å². The van der Waals surface area contributed by atoms with Crippen molar-refractivity contribution in [3.8, 4) is 5.75 Å². The molecule has 7 heteroatoms. The molecule has 0 bridgehead atoms. The van der Waals surface area contributed by atoms with Crippen LogP contribution in [0.2, 0.25) is 0 Å². The second-order valence-corrected chi connectivity index (χ2v) is 7.40. The average Bonchev–Trinajstić information content (AvgIpc) is 2.25. The van der Waals surface area contributed by atoms with Crippen LogP contribution in [0.15, 0.2) is 32.6 Å². The quantitative estimate of drug-likeness (QED) is 0.742. The summed E-state index contributed by atoms with van der Waals surface area (Å²) in [4.78, 5) is -0.0570. The highest BCUT2D eigenvalue weighted by atomic mass is 79.9. The Morgan fingerprint density at radius 1 is 1.50 bits per heavy atom. The molecular weight excluding hydrogens is 363 g/mol. The molecule has 0 radical (unpaired) electrons. The maximum absolute atomic E-state index is 11.5. The third-order valence-corrected chi connectivity index (χ3v) is 4.26. The van der Waals surface area contributed by atoms with Crippen LogP contribution in [-0.4, -0.2) is 15.0 Å². The number of aryl methyl sites for hydroxylation is 1. The first-order valence-corrected chi connectivity index (χ1v) is 8.43. The molecule has 18 heavy (non-hydrogen) atoms. The van der Waals surface area contributed by atoms with Gasteiger partial charge in [0.1, 0.15) is 17.3 Å². The molecule has 3 nitrogen and oxygen atoms in total. The number of benzene rings is 1. The Kier molecular flexibility index (Phi) is 5.52. The molecule has 0 fully saturated rings. The van der Waals surface area contributed by atoms with E-state index in [9.17, 15) is 8.42 Å². The van der Waals surface area contributed by atoms with Gasteiger partial charge in [0.05, 0.1) is 0 Å². The molecule has 0 N–H and O–H groups in total. The first-order valence-electron chi connectivity index (χ1n) is 4.89. The summed E-state index contributed by atoms with van der Waals surface area (Å²) in [6.45, 7) is 3.72. The van der Waals surface area contributed by atoms with Gasteiger partial charge >= 0.3 is 0 Å². The Labute approximate surface area is 124 Å². The van der Waals surface area contributed by atoms with Gasteiger partial charge in [-0.05, 0) is 37.1 Å². The molecule has 0 saturated heterocycles. The van der Waals surface area contributed by atoms with E-state index < -0.39 is 9.05 Å². The van der Waals surface area contributed by atoms with E-state index in [1.54, 1.807) is 19.9 Å². The van der Waals surface area contributed by atoms with Gasteiger partial charge in [-0.2, -0.15) is 0 Å². The van der Waals surface area contributed by atoms with E-state index in [1.807, 2.05) is 0 Å². The zero-order valence-electron chi connectivity index (χ0n) is 9.71. The van der Waals surface area contributed by atoms with Crippen molar-refractivity contribution in [2.75, 3.05) is 6.61 Å². The van der Waals surface area contributed by atoms with Crippen LogP contribution in [0, 0.1) is 6.92 Å². The summed E-state index contributed by atoms with van der Waals surface area (Å²) in [7, 11) is 1.52. The number of hydrogen-bond donors (Lipinski definition) is 0. The van der Waals surface area contributed by atoms with Crippen molar-refractivity contribution in [2.45, 2.75) is 18.7 Å². The summed E-state index contributed by atoms with van der Waals surface area (Å²) in [5, 5.41) is 0. The number of halogens is 3. The van der Waals surface area contributed by atoms with Crippen LogP contribution in [0.25, 0.3) is 0 Å². The maximum atomic E-state index is 11.5. The minimum Gasteiger partial charge on any atom is -0.488 e. The lowest BCUT2D eigenvalue weighted by Gasteiger charge is -2.13. The topological polar surface area (TPSA) is 43.4 Å². The fourth-order valence-corrected chi connectivity index (χ4v) is 3.12. The minimum atomic E-state index is -3.87. The Bertz CT molecular complexity index is 582. The van der Waals surface area contributed by atoms with Crippen LogP contribution < -0.4 is 4.74 Å². The first kappa shape index (κ1) is 15.8. The van der Waals surface area contributed by atoms with Crippen molar-refractivity contribution in [3.63, 3.8) is 0 Å². The summed E-state index contributed by atoms with van der Waals surface area (Å²) in [6, 6.07) is 3.16. The van der Waals surface area contributed by atoms with Crippen molar-refractivity contribution < 1.29 is 13.2 Å². The van der Waals surface area contributed by atoms with Gasteiger partial charge in [0.2, 0.25) is 0 Å². The van der Waals surface area contributed by atoms with Gasteiger partial charge in [0, 0.05) is 20.7 Å². The Balaban J connectivity index is 3.25. The molecule has 0 aliphatic heterocycles. The van der Waals surface area contributed by atoms with E-state index in [0.717, 1.165) is 5.57 Å². The molecule has 0 amide bonds. The normalized spacial score (nSPS) is 12.6. The zero-order chi connectivity index (χ0) is 13.9. The lowest BCUT2D eigenvalue weighted by atomic mass is 10.2. The van der Waals surface area contributed by atoms with Gasteiger partial charge in [-0.15, -0.1) is 0 Å². The van der Waals surface area contributed by atoms with Gasteiger partial charge in [-0.1, -0.05) is 27.5 Å². The average molecular weight is 374 g/mol. The molecular formula is C11H11BrCl2O3S. The summed E-state index contributed by atoms with van der Waals surface area (Å²) < 4.78 is 29.1. The van der Waals surface area contributed by atoms with E-state index in [4.69, 9.17) is 27.0 Å². The predicted molar refractivity (Wildman–Crippen MR) is 77.0 cm³/mol. The van der Waals surface area contributed by atoms with Gasteiger partial charge in [-0.3, -0.25) is 0 Å². The Morgan fingerprint density at radius 2 is 2.11 bits per heavy atom. The van der Waals surface area contributed by atoms with E-state index in [1.165, 1.54) is 11.6 Å². The molecule has 1 aromatic carbocycles. The molecule has 100 valence electrons. The van der Waals surface area contributed by atoms with Crippen LogP contribution in [0.4, 0.5) is 0 Å². The Hall–Kier alpha value is -0.230. The molecule has 0 atom stereocenters. The highest BCUT2D eigenvalue weighted by Crippen LogP contribution is 2.33. The van der Waals surface area contributed by atoms with Crippen LogP contribution in [0.5, 0.6) is 5.75 Å². The molecule has 0 aromatic heterocycles. The summed E-state index contributed by atoms with van der Waals surface area (Å²) in [5.41, 5.74) is 2.83. The first-order chi connectivity index (χ1) is 8.25.